The number of anilines is 1. The fourth-order valence-corrected chi connectivity index (χ4v) is 4.68. The van der Waals surface area contributed by atoms with Gasteiger partial charge in [-0.3, -0.25) is 0 Å². The molecule has 1 aliphatic heterocycles. The molecule has 8 heteroatoms. The maximum atomic E-state index is 12.5. The van der Waals surface area contributed by atoms with Crippen molar-refractivity contribution in [2.45, 2.75) is 37.6 Å². The lowest BCUT2D eigenvalue weighted by Crippen LogP contribution is -2.47. The first-order valence-corrected chi connectivity index (χ1v) is 11.0. The molecule has 2 aromatic rings. The Bertz CT molecular complexity index is 953. The number of rotatable bonds is 4. The van der Waals surface area contributed by atoms with Gasteiger partial charge in [0.05, 0.1) is 4.90 Å². The number of amides is 2. The van der Waals surface area contributed by atoms with E-state index in [1.807, 2.05) is 32.0 Å². The fourth-order valence-electron chi connectivity index (χ4n) is 3.25. The van der Waals surface area contributed by atoms with Crippen LogP contribution in [-0.4, -0.2) is 38.5 Å². The summed E-state index contributed by atoms with van der Waals surface area (Å²) in [5, 5.41) is 3.43. The van der Waals surface area contributed by atoms with E-state index >= 15 is 0 Å². The number of urea groups is 1. The Hall–Kier alpha value is -2.09. The van der Waals surface area contributed by atoms with Crippen molar-refractivity contribution in [3.8, 4) is 0 Å². The van der Waals surface area contributed by atoms with Crippen molar-refractivity contribution >= 4 is 33.3 Å². The number of hydrogen-bond donors (Lipinski definition) is 2. The van der Waals surface area contributed by atoms with Crippen molar-refractivity contribution < 1.29 is 13.2 Å². The summed E-state index contributed by atoms with van der Waals surface area (Å²) in [5.41, 5.74) is 2.95. The van der Waals surface area contributed by atoms with Gasteiger partial charge in [0.25, 0.3) is 0 Å². The number of benzene rings is 2. The van der Waals surface area contributed by atoms with Gasteiger partial charge in [-0.25, -0.2) is 17.9 Å². The number of nitrogens with one attached hydrogen (secondary N) is 2. The molecule has 2 aromatic carbocycles. The second kappa shape index (κ2) is 8.51. The first-order chi connectivity index (χ1) is 13.2. The van der Waals surface area contributed by atoms with Crippen LogP contribution in [0.4, 0.5) is 10.5 Å². The Morgan fingerprint density at radius 2 is 1.71 bits per heavy atom. The third-order valence-corrected chi connectivity index (χ3v) is 6.64. The molecular weight excluding hydrogens is 398 g/mol. The maximum absolute atomic E-state index is 12.5. The van der Waals surface area contributed by atoms with Gasteiger partial charge in [0.1, 0.15) is 0 Å². The zero-order valence-electron chi connectivity index (χ0n) is 15.9. The van der Waals surface area contributed by atoms with E-state index in [0.29, 0.717) is 31.0 Å². The number of halogens is 1. The zero-order valence-corrected chi connectivity index (χ0v) is 17.5. The predicted molar refractivity (Wildman–Crippen MR) is 111 cm³/mol. The molecular formula is C20H24ClN3O3S. The number of hydrogen-bond acceptors (Lipinski definition) is 3. The molecule has 0 atom stereocenters. The van der Waals surface area contributed by atoms with Crippen LogP contribution in [0.2, 0.25) is 5.02 Å². The molecule has 1 fully saturated rings. The summed E-state index contributed by atoms with van der Waals surface area (Å²) in [5.74, 6) is 0. The molecule has 1 heterocycles. The molecule has 0 aromatic heterocycles. The largest absolute Gasteiger partial charge is 0.324 e. The minimum atomic E-state index is -3.60. The van der Waals surface area contributed by atoms with Crippen molar-refractivity contribution in [2.24, 2.45) is 0 Å². The molecule has 0 unspecified atom stereocenters. The number of carbonyl (C=O) groups is 1. The normalized spacial score (nSPS) is 15.5. The number of carbonyl (C=O) groups excluding carboxylic acids is 1. The Labute approximate surface area is 170 Å². The second-order valence-electron chi connectivity index (χ2n) is 7.09. The van der Waals surface area contributed by atoms with Crippen LogP contribution >= 0.6 is 11.6 Å². The lowest BCUT2D eigenvalue weighted by molar-refractivity contribution is 0.193. The van der Waals surface area contributed by atoms with E-state index in [9.17, 15) is 13.2 Å². The highest BCUT2D eigenvalue weighted by molar-refractivity contribution is 7.89. The van der Waals surface area contributed by atoms with Crippen molar-refractivity contribution in [1.82, 2.24) is 9.62 Å². The summed E-state index contributed by atoms with van der Waals surface area (Å²) >= 11 is 5.82. The molecule has 0 aliphatic carbocycles. The van der Waals surface area contributed by atoms with Crippen molar-refractivity contribution in [2.75, 3.05) is 18.4 Å². The minimum absolute atomic E-state index is 0.161. The van der Waals surface area contributed by atoms with E-state index in [1.54, 1.807) is 17.0 Å². The van der Waals surface area contributed by atoms with Gasteiger partial charge in [-0.15, -0.1) is 0 Å². The van der Waals surface area contributed by atoms with E-state index in [4.69, 9.17) is 11.6 Å². The molecule has 150 valence electrons. The smallest absolute Gasteiger partial charge is 0.321 e. The lowest BCUT2D eigenvalue weighted by Gasteiger charge is -2.32. The third-order valence-electron chi connectivity index (χ3n) is 4.85. The van der Waals surface area contributed by atoms with E-state index in [2.05, 4.69) is 10.0 Å². The average Bonchev–Trinajstić information content (AvgIpc) is 2.64. The molecule has 2 amide bonds. The summed E-state index contributed by atoms with van der Waals surface area (Å²) in [7, 11) is -3.60. The molecule has 0 spiro atoms. The Balaban J connectivity index is 1.55. The molecule has 0 bridgehead atoms. The molecule has 0 radical (unpaired) electrons. The van der Waals surface area contributed by atoms with Gasteiger partial charge in [0, 0.05) is 29.8 Å². The second-order valence-corrected chi connectivity index (χ2v) is 9.24. The molecule has 3 rings (SSSR count). The van der Waals surface area contributed by atoms with Crippen molar-refractivity contribution in [3.05, 3.63) is 58.6 Å². The summed E-state index contributed by atoms with van der Waals surface area (Å²) in [6.45, 7) is 4.95. The highest BCUT2D eigenvalue weighted by Gasteiger charge is 2.27. The van der Waals surface area contributed by atoms with E-state index in [0.717, 1.165) is 16.8 Å². The third kappa shape index (κ3) is 5.04. The average molecular weight is 422 g/mol. The maximum Gasteiger partial charge on any atom is 0.321 e. The van der Waals surface area contributed by atoms with Gasteiger partial charge in [-0.2, -0.15) is 0 Å². The van der Waals surface area contributed by atoms with Gasteiger partial charge in [0.2, 0.25) is 10.0 Å². The van der Waals surface area contributed by atoms with Crippen LogP contribution in [0.3, 0.4) is 0 Å². The van der Waals surface area contributed by atoms with E-state index in [-0.39, 0.29) is 17.0 Å². The summed E-state index contributed by atoms with van der Waals surface area (Å²) in [6.07, 6.45) is 1.13. The highest BCUT2D eigenvalue weighted by Crippen LogP contribution is 2.20. The number of nitrogens with zero attached hydrogens (tertiary/aromatic N) is 1. The van der Waals surface area contributed by atoms with E-state index < -0.39 is 10.0 Å². The fraction of sp³-hybridized carbons (Fsp3) is 0.350. The van der Waals surface area contributed by atoms with Crippen LogP contribution < -0.4 is 10.0 Å². The lowest BCUT2D eigenvalue weighted by atomic mass is 10.1. The molecule has 2 N–H and O–H groups in total. The zero-order chi connectivity index (χ0) is 20.3. The molecule has 28 heavy (non-hydrogen) atoms. The van der Waals surface area contributed by atoms with Crippen LogP contribution in [0.1, 0.15) is 24.0 Å². The van der Waals surface area contributed by atoms with Gasteiger partial charge in [-0.1, -0.05) is 29.3 Å². The topological polar surface area (TPSA) is 78.5 Å². The molecule has 0 saturated carbocycles. The number of likely N-dealkylation sites (tertiary alicyclic amines) is 1. The van der Waals surface area contributed by atoms with Crippen LogP contribution in [0.5, 0.6) is 0 Å². The molecule has 6 nitrogen and oxygen atoms in total. The first-order valence-electron chi connectivity index (χ1n) is 9.16. The standard InChI is InChI=1S/C20H24ClN3O3S/c1-14-3-8-19(15(2)13-14)22-20(25)24-11-9-17(10-12-24)23-28(26,27)18-6-4-16(21)5-7-18/h3-8,13,17,23H,9-12H2,1-2H3,(H,22,25). The monoisotopic (exact) mass is 421 g/mol. The van der Waals surface area contributed by atoms with Gasteiger partial charge >= 0.3 is 6.03 Å². The summed E-state index contributed by atoms with van der Waals surface area (Å²) in [4.78, 5) is 14.4. The van der Waals surface area contributed by atoms with Gasteiger partial charge in [-0.05, 0) is 62.6 Å². The van der Waals surface area contributed by atoms with Gasteiger partial charge < -0.3 is 10.2 Å². The van der Waals surface area contributed by atoms with Crippen LogP contribution in [-0.2, 0) is 10.0 Å². The number of sulfonamides is 1. The van der Waals surface area contributed by atoms with Crippen LogP contribution in [0.15, 0.2) is 47.4 Å². The van der Waals surface area contributed by atoms with E-state index in [1.165, 1.54) is 12.1 Å². The molecule has 1 aliphatic rings. The van der Waals surface area contributed by atoms with Gasteiger partial charge in [0.15, 0.2) is 0 Å². The Morgan fingerprint density at radius 3 is 2.32 bits per heavy atom. The predicted octanol–water partition coefficient (Wildman–Crippen LogP) is 3.93. The summed E-state index contributed by atoms with van der Waals surface area (Å²) < 4.78 is 27.7. The van der Waals surface area contributed by atoms with Crippen molar-refractivity contribution in [1.29, 1.82) is 0 Å². The quantitative estimate of drug-likeness (QED) is 0.784. The first kappa shape index (κ1) is 20.6. The van der Waals surface area contributed by atoms with Crippen LogP contribution in [0, 0.1) is 13.8 Å². The summed E-state index contributed by atoms with van der Waals surface area (Å²) in [6, 6.07) is 11.6. The minimum Gasteiger partial charge on any atom is -0.324 e. The Morgan fingerprint density at radius 1 is 1.07 bits per heavy atom. The van der Waals surface area contributed by atoms with Crippen LogP contribution in [0.25, 0.3) is 0 Å². The number of aryl methyl sites for hydroxylation is 2. The highest BCUT2D eigenvalue weighted by atomic mass is 35.5. The number of piperidine rings is 1. The Kier molecular flexibility index (Phi) is 6.27. The van der Waals surface area contributed by atoms with Crippen molar-refractivity contribution in [3.63, 3.8) is 0 Å². The molecule has 1 saturated heterocycles. The SMILES string of the molecule is Cc1ccc(NC(=O)N2CCC(NS(=O)(=O)c3ccc(Cl)cc3)CC2)c(C)c1.